The fraction of sp³-hybridized carbons (Fsp3) is 0.364. The average molecular weight is 205 g/mol. The molecule has 2 rings (SSSR count). The largest absolute Gasteiger partial charge is 0.387 e. The Bertz CT molecular complexity index is 438. The lowest BCUT2D eigenvalue weighted by molar-refractivity contribution is 0.162. The van der Waals surface area contributed by atoms with Gasteiger partial charge in [0.1, 0.15) is 0 Å². The number of hydrogen-bond acceptors (Lipinski definition) is 3. The molecule has 4 nitrogen and oxygen atoms in total. The van der Waals surface area contributed by atoms with Gasteiger partial charge in [-0.15, -0.1) is 0 Å². The van der Waals surface area contributed by atoms with Crippen molar-refractivity contribution in [1.29, 1.82) is 0 Å². The van der Waals surface area contributed by atoms with Crippen molar-refractivity contribution in [1.82, 2.24) is 10.2 Å². The molecule has 80 valence electrons. The summed E-state index contributed by atoms with van der Waals surface area (Å²) in [6.07, 6.45) is 0.984. The van der Waals surface area contributed by atoms with Crippen LogP contribution in [0.4, 0.5) is 0 Å². The summed E-state index contributed by atoms with van der Waals surface area (Å²) in [5.74, 6) is 0. The molecular weight excluding hydrogens is 190 g/mol. The van der Waals surface area contributed by atoms with Crippen molar-refractivity contribution >= 4 is 10.9 Å². The number of nitrogens with one attached hydrogen (secondary N) is 1. The van der Waals surface area contributed by atoms with Crippen LogP contribution in [-0.2, 0) is 0 Å². The lowest BCUT2D eigenvalue weighted by Gasteiger charge is -2.07. The molecule has 0 amide bonds. The molecule has 0 spiro atoms. The normalized spacial score (nSPS) is 13.2. The van der Waals surface area contributed by atoms with Crippen molar-refractivity contribution in [2.45, 2.75) is 18.9 Å². The lowest BCUT2D eigenvalue weighted by atomic mass is 10.1. The molecule has 1 aromatic heterocycles. The van der Waals surface area contributed by atoms with Gasteiger partial charge in [0.2, 0.25) is 0 Å². The second-order valence-electron chi connectivity index (χ2n) is 3.60. The third-order valence-electron chi connectivity index (χ3n) is 2.51. The zero-order valence-corrected chi connectivity index (χ0v) is 8.48. The van der Waals surface area contributed by atoms with Crippen LogP contribution in [0.3, 0.4) is 0 Å². The number of hydrogen-bond donors (Lipinski definition) is 3. The first kappa shape index (κ1) is 10.1. The smallest absolute Gasteiger partial charge is 0.0960 e. The first-order chi connectivity index (χ1) is 7.33. The topological polar surface area (TPSA) is 74.9 Å². The highest BCUT2D eigenvalue weighted by atomic mass is 16.3. The van der Waals surface area contributed by atoms with E-state index in [4.69, 9.17) is 5.73 Å². The molecule has 0 radical (unpaired) electrons. The molecule has 0 fully saturated rings. The van der Waals surface area contributed by atoms with Crippen molar-refractivity contribution in [2.75, 3.05) is 6.54 Å². The predicted molar refractivity (Wildman–Crippen MR) is 59.3 cm³/mol. The van der Waals surface area contributed by atoms with E-state index in [9.17, 15) is 5.11 Å². The number of nitrogens with two attached hydrogens (primary N) is 1. The van der Waals surface area contributed by atoms with E-state index >= 15 is 0 Å². The number of aromatic nitrogens is 2. The maximum absolute atomic E-state index is 9.91. The molecule has 0 aliphatic carbocycles. The second-order valence-corrected chi connectivity index (χ2v) is 3.60. The molecule has 15 heavy (non-hydrogen) atoms. The highest BCUT2D eigenvalue weighted by Gasteiger charge is 2.12. The summed E-state index contributed by atoms with van der Waals surface area (Å²) in [4.78, 5) is 0. The first-order valence-electron chi connectivity index (χ1n) is 5.14. The second kappa shape index (κ2) is 4.42. The summed E-state index contributed by atoms with van der Waals surface area (Å²) >= 11 is 0. The van der Waals surface area contributed by atoms with E-state index in [-0.39, 0.29) is 0 Å². The van der Waals surface area contributed by atoms with E-state index in [0.29, 0.717) is 13.0 Å². The number of aliphatic hydroxyl groups excluding tert-OH is 1. The van der Waals surface area contributed by atoms with Crippen LogP contribution in [0.5, 0.6) is 0 Å². The lowest BCUT2D eigenvalue weighted by Crippen LogP contribution is -2.04. The van der Waals surface area contributed by atoms with E-state index in [1.807, 2.05) is 24.3 Å². The van der Waals surface area contributed by atoms with Crippen molar-refractivity contribution < 1.29 is 5.11 Å². The Hall–Kier alpha value is -1.39. The molecule has 1 aromatic carbocycles. The number of para-hydroxylation sites is 1. The van der Waals surface area contributed by atoms with Gasteiger partial charge in [0, 0.05) is 5.39 Å². The van der Waals surface area contributed by atoms with Crippen molar-refractivity contribution in [3.05, 3.63) is 30.0 Å². The van der Waals surface area contributed by atoms with Gasteiger partial charge in [-0.2, -0.15) is 5.10 Å². The zero-order chi connectivity index (χ0) is 10.7. The minimum atomic E-state index is -0.499. The molecule has 4 N–H and O–H groups in total. The third-order valence-corrected chi connectivity index (χ3v) is 2.51. The SMILES string of the molecule is NCCCC(O)c1[nH]nc2ccccc12. The summed E-state index contributed by atoms with van der Waals surface area (Å²) in [7, 11) is 0. The monoisotopic (exact) mass is 205 g/mol. The van der Waals surface area contributed by atoms with Gasteiger partial charge in [-0.05, 0) is 25.5 Å². The molecule has 0 saturated carbocycles. The summed E-state index contributed by atoms with van der Waals surface area (Å²) in [5.41, 5.74) is 7.08. The molecular formula is C11H15N3O. The number of aliphatic hydroxyl groups is 1. The molecule has 2 aromatic rings. The molecule has 1 atom stereocenters. The van der Waals surface area contributed by atoms with Gasteiger partial charge in [-0.25, -0.2) is 0 Å². The van der Waals surface area contributed by atoms with Crippen LogP contribution < -0.4 is 5.73 Å². The number of aromatic amines is 1. The van der Waals surface area contributed by atoms with Gasteiger partial charge < -0.3 is 10.8 Å². The summed E-state index contributed by atoms with van der Waals surface area (Å²) < 4.78 is 0. The van der Waals surface area contributed by atoms with Gasteiger partial charge >= 0.3 is 0 Å². The minimum absolute atomic E-state index is 0.499. The Labute approximate surface area is 88.1 Å². The van der Waals surface area contributed by atoms with Gasteiger partial charge in [0.15, 0.2) is 0 Å². The van der Waals surface area contributed by atoms with Crippen LogP contribution in [0.15, 0.2) is 24.3 Å². The number of fused-ring (bicyclic) bond motifs is 1. The maximum Gasteiger partial charge on any atom is 0.0960 e. The molecule has 0 saturated heterocycles. The van der Waals surface area contributed by atoms with E-state index in [2.05, 4.69) is 10.2 Å². The predicted octanol–water partition coefficient (Wildman–Crippen LogP) is 1.34. The van der Waals surface area contributed by atoms with E-state index in [1.54, 1.807) is 0 Å². The van der Waals surface area contributed by atoms with Crippen LogP contribution >= 0.6 is 0 Å². The quantitative estimate of drug-likeness (QED) is 0.705. The van der Waals surface area contributed by atoms with E-state index in [1.165, 1.54) is 0 Å². The zero-order valence-electron chi connectivity index (χ0n) is 8.48. The average Bonchev–Trinajstić information content (AvgIpc) is 2.69. The van der Waals surface area contributed by atoms with E-state index in [0.717, 1.165) is 23.0 Å². The van der Waals surface area contributed by atoms with Gasteiger partial charge in [-0.3, -0.25) is 5.10 Å². The van der Waals surface area contributed by atoms with Gasteiger partial charge in [0.25, 0.3) is 0 Å². The molecule has 1 unspecified atom stereocenters. The molecule has 0 aliphatic rings. The molecule has 0 aliphatic heterocycles. The third kappa shape index (κ3) is 2.00. The molecule has 1 heterocycles. The summed E-state index contributed by atoms with van der Waals surface area (Å²) in [6, 6.07) is 7.75. The van der Waals surface area contributed by atoms with Crippen LogP contribution in [0.25, 0.3) is 10.9 Å². The maximum atomic E-state index is 9.91. The first-order valence-corrected chi connectivity index (χ1v) is 5.14. The number of rotatable bonds is 4. The summed E-state index contributed by atoms with van der Waals surface area (Å²) in [5, 5.41) is 17.9. The molecule has 4 heteroatoms. The Morgan fingerprint density at radius 2 is 2.20 bits per heavy atom. The van der Waals surface area contributed by atoms with Crippen LogP contribution in [0.1, 0.15) is 24.6 Å². The Balaban J connectivity index is 2.27. The minimum Gasteiger partial charge on any atom is -0.387 e. The van der Waals surface area contributed by atoms with Crippen molar-refractivity contribution in [2.24, 2.45) is 5.73 Å². The molecule has 0 bridgehead atoms. The Morgan fingerprint density at radius 1 is 1.40 bits per heavy atom. The van der Waals surface area contributed by atoms with Crippen LogP contribution in [0.2, 0.25) is 0 Å². The Kier molecular flexibility index (Phi) is 2.99. The van der Waals surface area contributed by atoms with Gasteiger partial charge in [-0.1, -0.05) is 18.2 Å². The van der Waals surface area contributed by atoms with Crippen molar-refractivity contribution in [3.8, 4) is 0 Å². The highest BCUT2D eigenvalue weighted by Crippen LogP contribution is 2.23. The fourth-order valence-corrected chi connectivity index (χ4v) is 1.69. The highest BCUT2D eigenvalue weighted by molar-refractivity contribution is 5.81. The Morgan fingerprint density at radius 3 is 3.00 bits per heavy atom. The standard InChI is InChI=1S/C11H15N3O/c12-7-3-6-10(15)11-8-4-1-2-5-9(8)13-14-11/h1-2,4-5,10,15H,3,6-7,12H2,(H,13,14). The summed E-state index contributed by atoms with van der Waals surface area (Å²) in [6.45, 7) is 0.600. The van der Waals surface area contributed by atoms with E-state index < -0.39 is 6.10 Å². The number of benzene rings is 1. The number of H-pyrrole nitrogens is 1. The van der Waals surface area contributed by atoms with Crippen molar-refractivity contribution in [3.63, 3.8) is 0 Å². The van der Waals surface area contributed by atoms with Gasteiger partial charge in [0.05, 0.1) is 17.3 Å². The fourth-order valence-electron chi connectivity index (χ4n) is 1.69. The van der Waals surface area contributed by atoms with Crippen LogP contribution in [0, 0.1) is 0 Å². The van der Waals surface area contributed by atoms with Crippen LogP contribution in [-0.4, -0.2) is 21.8 Å². The number of nitrogens with zero attached hydrogens (tertiary/aromatic N) is 1.